The van der Waals surface area contributed by atoms with Gasteiger partial charge in [-0.15, -0.1) is 11.3 Å². The molecule has 1 aromatic heterocycles. The number of carbonyl (C=O) groups excluding carboxylic acids is 3. The Morgan fingerprint density at radius 1 is 1.21 bits per heavy atom. The molecule has 0 radical (unpaired) electrons. The number of rotatable bonds is 8. The number of alkyl carbamates (subject to hydrolysis) is 1. The summed E-state index contributed by atoms with van der Waals surface area (Å²) in [4.78, 5) is 38.4. The molecule has 184 valence electrons. The third-order valence-corrected chi connectivity index (χ3v) is 8.71. The standard InChI is InChI=1S/C23H27ClN2O6S2/c1-3-32-23(29)26-21(28)20-17-11-6-14(2)13-18(17)33-22(20)25-19(27)5-4-12-34(30,31)16-9-7-15(24)8-10-16/h7-10,14H,3-6,11-13H2,1-2H3,(H,25,27)(H,26,28,29). The van der Waals surface area contributed by atoms with Crippen molar-refractivity contribution in [3.63, 3.8) is 0 Å². The SMILES string of the molecule is CCOC(=O)NC(=O)c1c(NC(=O)CCCS(=O)(=O)c2ccc(Cl)cc2)sc2c1CCC(C)C2. The number of benzene rings is 1. The van der Waals surface area contributed by atoms with Crippen LogP contribution in [0.1, 0.15) is 53.9 Å². The Bertz CT molecular complexity index is 1170. The summed E-state index contributed by atoms with van der Waals surface area (Å²) in [6.07, 6.45) is 1.59. The Balaban J connectivity index is 1.69. The molecule has 1 aliphatic carbocycles. The van der Waals surface area contributed by atoms with Crippen molar-refractivity contribution in [3.05, 3.63) is 45.3 Å². The number of carbonyl (C=O) groups is 3. The number of anilines is 1. The molecule has 1 atom stereocenters. The quantitative estimate of drug-likeness (QED) is 0.518. The molecular formula is C23H27ClN2O6S2. The minimum Gasteiger partial charge on any atom is -0.450 e. The first kappa shape index (κ1) is 26.2. The van der Waals surface area contributed by atoms with Gasteiger partial charge in [-0.1, -0.05) is 18.5 Å². The van der Waals surface area contributed by atoms with Crippen LogP contribution in [0.15, 0.2) is 29.2 Å². The van der Waals surface area contributed by atoms with Crippen molar-refractivity contribution in [2.75, 3.05) is 17.7 Å². The molecule has 1 aliphatic rings. The lowest BCUT2D eigenvalue weighted by Gasteiger charge is -2.18. The van der Waals surface area contributed by atoms with Gasteiger partial charge in [-0.3, -0.25) is 14.9 Å². The van der Waals surface area contributed by atoms with Gasteiger partial charge in [-0.05, 0) is 68.4 Å². The van der Waals surface area contributed by atoms with E-state index in [1.165, 1.54) is 35.6 Å². The molecule has 1 unspecified atom stereocenters. The number of sulfone groups is 1. The normalized spacial score (nSPS) is 15.3. The van der Waals surface area contributed by atoms with Crippen molar-refractivity contribution in [2.45, 2.75) is 50.8 Å². The first-order valence-electron chi connectivity index (χ1n) is 11.0. The fourth-order valence-electron chi connectivity index (χ4n) is 3.77. The summed E-state index contributed by atoms with van der Waals surface area (Å²) in [5.74, 6) is -0.764. The van der Waals surface area contributed by atoms with Crippen LogP contribution in [0.3, 0.4) is 0 Å². The molecule has 11 heteroatoms. The number of amides is 3. The number of hydrogen-bond acceptors (Lipinski definition) is 7. The Labute approximate surface area is 207 Å². The Kier molecular flexibility index (Phi) is 8.72. The van der Waals surface area contributed by atoms with Gasteiger partial charge in [0.1, 0.15) is 5.00 Å². The first-order chi connectivity index (χ1) is 16.1. The van der Waals surface area contributed by atoms with Crippen LogP contribution in [0.25, 0.3) is 0 Å². The lowest BCUT2D eigenvalue weighted by molar-refractivity contribution is -0.116. The van der Waals surface area contributed by atoms with Crippen LogP contribution in [-0.4, -0.2) is 38.7 Å². The molecule has 0 saturated carbocycles. The largest absolute Gasteiger partial charge is 0.450 e. The fraction of sp³-hybridized carbons (Fsp3) is 0.435. The first-order valence-corrected chi connectivity index (χ1v) is 13.9. The molecule has 8 nitrogen and oxygen atoms in total. The summed E-state index contributed by atoms with van der Waals surface area (Å²) < 4.78 is 29.8. The number of nitrogens with one attached hydrogen (secondary N) is 2. The van der Waals surface area contributed by atoms with Gasteiger partial charge in [0.2, 0.25) is 5.91 Å². The summed E-state index contributed by atoms with van der Waals surface area (Å²) >= 11 is 7.13. The third-order valence-electron chi connectivity index (χ3n) is 5.47. The molecule has 0 spiro atoms. The van der Waals surface area contributed by atoms with Crippen LogP contribution < -0.4 is 10.6 Å². The van der Waals surface area contributed by atoms with E-state index in [1.54, 1.807) is 6.92 Å². The topological polar surface area (TPSA) is 119 Å². The van der Waals surface area contributed by atoms with E-state index in [0.717, 1.165) is 23.3 Å². The Hall–Kier alpha value is -2.43. The number of ether oxygens (including phenoxy) is 1. The van der Waals surface area contributed by atoms with Crippen molar-refractivity contribution in [3.8, 4) is 0 Å². The second-order valence-corrected chi connectivity index (χ2v) is 11.8. The van der Waals surface area contributed by atoms with Gasteiger partial charge in [0.15, 0.2) is 9.84 Å². The van der Waals surface area contributed by atoms with Crippen molar-refractivity contribution in [2.24, 2.45) is 5.92 Å². The van der Waals surface area contributed by atoms with Crippen LogP contribution in [0.2, 0.25) is 5.02 Å². The second kappa shape index (κ2) is 11.3. The molecule has 34 heavy (non-hydrogen) atoms. The van der Waals surface area contributed by atoms with E-state index in [4.69, 9.17) is 16.3 Å². The molecule has 0 bridgehead atoms. The summed E-state index contributed by atoms with van der Waals surface area (Å²) in [6.45, 7) is 3.89. The Morgan fingerprint density at radius 2 is 1.91 bits per heavy atom. The monoisotopic (exact) mass is 526 g/mol. The molecular weight excluding hydrogens is 500 g/mol. The lowest BCUT2D eigenvalue weighted by atomic mass is 9.88. The minimum atomic E-state index is -3.55. The highest BCUT2D eigenvalue weighted by atomic mass is 35.5. The van der Waals surface area contributed by atoms with E-state index in [1.807, 2.05) is 0 Å². The highest BCUT2D eigenvalue weighted by Gasteiger charge is 2.29. The number of hydrogen-bond donors (Lipinski definition) is 2. The van der Waals surface area contributed by atoms with E-state index >= 15 is 0 Å². The van der Waals surface area contributed by atoms with Crippen LogP contribution in [0.5, 0.6) is 0 Å². The van der Waals surface area contributed by atoms with Crippen LogP contribution in [-0.2, 0) is 32.2 Å². The maximum atomic E-state index is 12.8. The van der Waals surface area contributed by atoms with Gasteiger partial charge < -0.3 is 10.1 Å². The average molecular weight is 527 g/mol. The maximum Gasteiger partial charge on any atom is 0.414 e. The predicted octanol–water partition coefficient (Wildman–Crippen LogP) is 4.61. The zero-order valence-electron chi connectivity index (χ0n) is 19.0. The summed E-state index contributed by atoms with van der Waals surface area (Å²) in [5.41, 5.74) is 1.12. The van der Waals surface area contributed by atoms with E-state index in [2.05, 4.69) is 17.6 Å². The van der Waals surface area contributed by atoms with E-state index in [0.29, 0.717) is 22.4 Å². The Morgan fingerprint density at radius 3 is 2.59 bits per heavy atom. The molecule has 3 amide bonds. The summed E-state index contributed by atoms with van der Waals surface area (Å²) in [5, 5.41) is 5.77. The molecule has 3 rings (SSSR count). The zero-order chi connectivity index (χ0) is 24.9. The summed E-state index contributed by atoms with van der Waals surface area (Å²) in [7, 11) is -3.55. The fourth-order valence-corrected chi connectivity index (χ4v) is 6.63. The highest BCUT2D eigenvalue weighted by molar-refractivity contribution is 7.91. The molecule has 0 saturated heterocycles. The van der Waals surface area contributed by atoms with Gasteiger partial charge in [0, 0.05) is 16.3 Å². The molecule has 2 N–H and O–H groups in total. The van der Waals surface area contributed by atoms with Crippen LogP contribution in [0.4, 0.5) is 9.80 Å². The van der Waals surface area contributed by atoms with Gasteiger partial charge >= 0.3 is 6.09 Å². The number of fused-ring (bicyclic) bond motifs is 1. The van der Waals surface area contributed by atoms with Gasteiger partial charge in [-0.2, -0.15) is 0 Å². The smallest absolute Gasteiger partial charge is 0.414 e. The third kappa shape index (κ3) is 6.58. The second-order valence-electron chi connectivity index (χ2n) is 8.16. The van der Waals surface area contributed by atoms with Gasteiger partial charge in [0.25, 0.3) is 5.91 Å². The number of thiophene rings is 1. The van der Waals surface area contributed by atoms with Crippen LogP contribution >= 0.6 is 22.9 Å². The number of halogens is 1. The molecule has 0 fully saturated rings. The number of imide groups is 1. The summed E-state index contributed by atoms with van der Waals surface area (Å²) in [6, 6.07) is 5.87. The molecule has 1 aromatic carbocycles. The van der Waals surface area contributed by atoms with Crippen molar-refractivity contribution < 1.29 is 27.5 Å². The molecule has 0 aliphatic heterocycles. The highest BCUT2D eigenvalue weighted by Crippen LogP contribution is 2.39. The molecule has 2 aromatic rings. The molecule has 1 heterocycles. The minimum absolute atomic E-state index is 0.0370. The van der Waals surface area contributed by atoms with Gasteiger partial charge in [0.05, 0.1) is 22.8 Å². The van der Waals surface area contributed by atoms with Crippen molar-refractivity contribution >= 4 is 55.7 Å². The lowest BCUT2D eigenvalue weighted by Crippen LogP contribution is -2.32. The van der Waals surface area contributed by atoms with Crippen LogP contribution in [0, 0.1) is 5.92 Å². The average Bonchev–Trinajstić information content (AvgIpc) is 3.10. The van der Waals surface area contributed by atoms with Gasteiger partial charge in [-0.25, -0.2) is 13.2 Å². The van der Waals surface area contributed by atoms with Crippen molar-refractivity contribution in [1.29, 1.82) is 0 Å². The van der Waals surface area contributed by atoms with E-state index < -0.39 is 27.7 Å². The van der Waals surface area contributed by atoms with E-state index in [-0.39, 0.29) is 35.7 Å². The predicted molar refractivity (Wildman–Crippen MR) is 131 cm³/mol. The van der Waals surface area contributed by atoms with Crippen molar-refractivity contribution in [1.82, 2.24) is 5.32 Å². The van der Waals surface area contributed by atoms with E-state index in [9.17, 15) is 22.8 Å². The zero-order valence-corrected chi connectivity index (χ0v) is 21.4. The maximum absolute atomic E-state index is 12.8.